The van der Waals surface area contributed by atoms with Gasteiger partial charge in [0.05, 0.1) is 12.6 Å². The van der Waals surface area contributed by atoms with Crippen molar-refractivity contribution >= 4 is 5.69 Å². The number of aromatic hydroxyl groups is 1. The summed E-state index contributed by atoms with van der Waals surface area (Å²) in [4.78, 5) is 2.15. The average molecular weight is 236 g/mol. The van der Waals surface area contributed by atoms with Crippen molar-refractivity contribution in [1.29, 1.82) is 0 Å². The Balaban J connectivity index is 2.18. The minimum Gasteiger partial charge on any atom is -0.508 e. The van der Waals surface area contributed by atoms with Crippen molar-refractivity contribution in [2.45, 2.75) is 25.4 Å². The van der Waals surface area contributed by atoms with Gasteiger partial charge in [-0.05, 0) is 19.4 Å². The van der Waals surface area contributed by atoms with Gasteiger partial charge in [0.2, 0.25) is 0 Å². The summed E-state index contributed by atoms with van der Waals surface area (Å²) in [5, 5.41) is 9.92. The van der Waals surface area contributed by atoms with Gasteiger partial charge >= 0.3 is 0 Å². The molecule has 1 heterocycles. The molecular formula is C13H20N2O2. The molecule has 0 saturated carbocycles. The molecule has 3 N–H and O–H groups in total. The number of ether oxygens (including phenoxy) is 1. The molecule has 2 unspecified atom stereocenters. The molecule has 1 saturated heterocycles. The number of hydrogen-bond donors (Lipinski definition) is 2. The van der Waals surface area contributed by atoms with Gasteiger partial charge in [-0.15, -0.1) is 0 Å². The maximum Gasteiger partial charge on any atom is 0.122 e. The van der Waals surface area contributed by atoms with Crippen LogP contribution in [0.15, 0.2) is 18.2 Å². The summed E-state index contributed by atoms with van der Waals surface area (Å²) in [5.74, 6) is 0.267. The molecule has 17 heavy (non-hydrogen) atoms. The Labute approximate surface area is 102 Å². The highest BCUT2D eigenvalue weighted by Crippen LogP contribution is 2.29. The summed E-state index contributed by atoms with van der Waals surface area (Å²) in [6, 6.07) is 5.91. The maximum absolute atomic E-state index is 9.92. The summed E-state index contributed by atoms with van der Waals surface area (Å²) < 4.78 is 5.37. The highest BCUT2D eigenvalue weighted by molar-refractivity contribution is 5.54. The molecule has 0 amide bonds. The number of rotatable bonds is 3. The highest BCUT2D eigenvalue weighted by atomic mass is 16.5. The maximum atomic E-state index is 9.92. The Bertz CT molecular complexity index is 387. The second-order valence-electron chi connectivity index (χ2n) is 4.66. The summed E-state index contributed by atoms with van der Waals surface area (Å²) >= 11 is 0. The van der Waals surface area contributed by atoms with Crippen LogP contribution in [0.3, 0.4) is 0 Å². The molecule has 0 aromatic heterocycles. The number of phenols is 1. The summed E-state index contributed by atoms with van der Waals surface area (Å²) in [6.45, 7) is 3.44. The third kappa shape index (κ3) is 2.53. The first-order chi connectivity index (χ1) is 8.09. The molecule has 1 aliphatic rings. The van der Waals surface area contributed by atoms with Gasteiger partial charge in [-0.1, -0.05) is 6.07 Å². The zero-order chi connectivity index (χ0) is 12.4. The Morgan fingerprint density at radius 3 is 2.82 bits per heavy atom. The molecule has 0 radical (unpaired) electrons. The summed E-state index contributed by atoms with van der Waals surface area (Å²) in [7, 11) is 2.03. The van der Waals surface area contributed by atoms with Crippen molar-refractivity contribution in [3.8, 4) is 5.75 Å². The van der Waals surface area contributed by atoms with Crippen LogP contribution in [0.2, 0.25) is 0 Å². The second-order valence-corrected chi connectivity index (χ2v) is 4.66. The van der Waals surface area contributed by atoms with Gasteiger partial charge in [0.1, 0.15) is 5.75 Å². The van der Waals surface area contributed by atoms with Gasteiger partial charge in [-0.25, -0.2) is 0 Å². The third-order valence-electron chi connectivity index (χ3n) is 3.37. The van der Waals surface area contributed by atoms with Crippen LogP contribution >= 0.6 is 0 Å². The van der Waals surface area contributed by atoms with Crippen molar-refractivity contribution in [1.82, 2.24) is 0 Å². The normalized spacial score (nSPS) is 21.5. The van der Waals surface area contributed by atoms with E-state index >= 15 is 0 Å². The van der Waals surface area contributed by atoms with Crippen molar-refractivity contribution in [2.24, 2.45) is 5.73 Å². The Kier molecular flexibility index (Phi) is 3.54. The fourth-order valence-electron chi connectivity index (χ4n) is 2.17. The van der Waals surface area contributed by atoms with E-state index in [1.807, 2.05) is 26.1 Å². The molecule has 2 atom stereocenters. The number of likely N-dealkylation sites (N-methyl/N-ethyl adjacent to an activating group) is 1. The van der Waals surface area contributed by atoms with E-state index in [2.05, 4.69) is 4.90 Å². The lowest BCUT2D eigenvalue weighted by Gasteiger charge is -2.26. The quantitative estimate of drug-likeness (QED) is 0.837. The molecular weight excluding hydrogens is 216 g/mol. The van der Waals surface area contributed by atoms with Gasteiger partial charge in [-0.2, -0.15) is 0 Å². The summed E-state index contributed by atoms with van der Waals surface area (Å²) in [6.07, 6.45) is 1.03. The number of hydrogen-bond acceptors (Lipinski definition) is 4. The van der Waals surface area contributed by atoms with Gasteiger partial charge in [0, 0.05) is 37.0 Å². The molecule has 0 spiro atoms. The van der Waals surface area contributed by atoms with Crippen molar-refractivity contribution in [2.75, 3.05) is 25.2 Å². The number of anilines is 1. The molecule has 0 aliphatic carbocycles. The van der Waals surface area contributed by atoms with Crippen molar-refractivity contribution in [3.63, 3.8) is 0 Å². The second kappa shape index (κ2) is 4.94. The minimum atomic E-state index is -0.149. The Hall–Kier alpha value is -1.26. The monoisotopic (exact) mass is 236 g/mol. The molecule has 1 aromatic rings. The lowest BCUT2D eigenvalue weighted by atomic mass is 10.1. The van der Waals surface area contributed by atoms with E-state index in [0.29, 0.717) is 6.04 Å². The smallest absolute Gasteiger partial charge is 0.122 e. The fourth-order valence-corrected chi connectivity index (χ4v) is 2.17. The fraction of sp³-hybridized carbons (Fsp3) is 0.538. The molecule has 2 rings (SSSR count). The molecule has 94 valence electrons. The van der Waals surface area contributed by atoms with Crippen LogP contribution in [-0.2, 0) is 4.74 Å². The van der Waals surface area contributed by atoms with Crippen LogP contribution in [0.1, 0.15) is 24.9 Å². The van der Waals surface area contributed by atoms with Crippen LogP contribution in [0.25, 0.3) is 0 Å². The van der Waals surface area contributed by atoms with Crippen LogP contribution < -0.4 is 10.6 Å². The zero-order valence-electron chi connectivity index (χ0n) is 10.4. The average Bonchev–Trinajstić information content (AvgIpc) is 2.80. The lowest BCUT2D eigenvalue weighted by Crippen LogP contribution is -2.31. The van der Waals surface area contributed by atoms with Crippen LogP contribution in [0.5, 0.6) is 5.75 Å². The molecule has 4 nitrogen and oxygen atoms in total. The molecule has 0 bridgehead atoms. The van der Waals surface area contributed by atoms with Crippen LogP contribution in [-0.4, -0.2) is 31.4 Å². The van der Waals surface area contributed by atoms with E-state index < -0.39 is 0 Å². The number of benzene rings is 1. The lowest BCUT2D eigenvalue weighted by molar-refractivity contribution is 0.193. The first kappa shape index (κ1) is 12.2. The number of nitrogens with two attached hydrogens (primary N) is 1. The SMILES string of the molecule is CC(N)c1ccc(N(C)C2CCOC2)cc1O. The molecule has 1 aromatic carbocycles. The predicted molar refractivity (Wildman–Crippen MR) is 68.3 cm³/mol. The highest BCUT2D eigenvalue weighted by Gasteiger charge is 2.21. The molecule has 4 heteroatoms. The van der Waals surface area contributed by atoms with Gasteiger partial charge < -0.3 is 20.5 Å². The van der Waals surface area contributed by atoms with Crippen molar-refractivity contribution < 1.29 is 9.84 Å². The van der Waals surface area contributed by atoms with E-state index in [0.717, 1.165) is 30.9 Å². The van der Waals surface area contributed by atoms with E-state index in [1.54, 1.807) is 6.07 Å². The van der Waals surface area contributed by atoms with E-state index in [1.165, 1.54) is 0 Å². The van der Waals surface area contributed by atoms with Gasteiger partial charge in [0.15, 0.2) is 0 Å². The third-order valence-corrected chi connectivity index (χ3v) is 3.37. The standard InChI is InChI=1S/C13H20N2O2/c1-9(14)12-4-3-10(7-13(12)16)15(2)11-5-6-17-8-11/h3-4,7,9,11,16H,5-6,8,14H2,1-2H3. The largest absolute Gasteiger partial charge is 0.508 e. The minimum absolute atomic E-state index is 0.149. The molecule has 1 aliphatic heterocycles. The zero-order valence-corrected chi connectivity index (χ0v) is 10.4. The van der Waals surface area contributed by atoms with E-state index in [9.17, 15) is 5.11 Å². The van der Waals surface area contributed by atoms with Gasteiger partial charge in [0.25, 0.3) is 0 Å². The molecule has 1 fully saturated rings. The van der Waals surface area contributed by atoms with E-state index in [-0.39, 0.29) is 11.8 Å². The number of phenolic OH excluding ortho intramolecular Hbond substituents is 1. The predicted octanol–water partition coefficient (Wildman–Crippen LogP) is 1.64. The number of nitrogens with zero attached hydrogens (tertiary/aromatic N) is 1. The first-order valence-electron chi connectivity index (χ1n) is 5.98. The first-order valence-corrected chi connectivity index (χ1v) is 5.98. The van der Waals surface area contributed by atoms with Crippen LogP contribution in [0.4, 0.5) is 5.69 Å². The Morgan fingerprint density at radius 1 is 1.53 bits per heavy atom. The van der Waals surface area contributed by atoms with E-state index in [4.69, 9.17) is 10.5 Å². The van der Waals surface area contributed by atoms with Crippen LogP contribution in [0, 0.1) is 0 Å². The summed E-state index contributed by atoms with van der Waals surface area (Å²) in [5.41, 5.74) is 7.55. The van der Waals surface area contributed by atoms with Crippen molar-refractivity contribution in [3.05, 3.63) is 23.8 Å². The van der Waals surface area contributed by atoms with Gasteiger partial charge in [-0.3, -0.25) is 0 Å². The Morgan fingerprint density at radius 2 is 2.29 bits per heavy atom. The topological polar surface area (TPSA) is 58.7 Å².